The van der Waals surface area contributed by atoms with Crippen molar-refractivity contribution in [3.8, 4) is 0 Å². The molecule has 1 amide bonds. The Bertz CT molecular complexity index is 4900. The van der Waals surface area contributed by atoms with Crippen LogP contribution in [0.3, 0.4) is 0 Å². The first-order chi connectivity index (χ1) is 69.5. The van der Waals surface area contributed by atoms with Crippen molar-refractivity contribution in [1.29, 1.82) is 0 Å². The third-order valence-electron chi connectivity index (χ3n) is 24.0. The molecule has 1 heterocycles. The number of anilines is 6. The largest absolute Gasteiger partial charge is 0.355 e. The SMILES string of the molecule is NCCNCCNCCNCCN(CCNCCN(CCN)CCN(CCNCCN)CCN(CCNCCNCCN)CCNCCN(CCNCCN)CCN(CCN)CCN)CCN(CCNCCNCCCCCCCCNc1nc(Nc2ccccc2)nc(Nc2cccc3c2C(=O)/C(=N\Nc2ccc4c(S(=O)(=O)O)cccc4c2S(=O)(=O)O)C(S(=O)(=O)O)=C3)n1)CCNC(=O)Cc1ccccc1. The summed E-state index contributed by atoms with van der Waals surface area (Å²) in [6.45, 7) is 42.5. The third kappa shape index (κ3) is 50.9. The van der Waals surface area contributed by atoms with Gasteiger partial charge in [-0.15, -0.1) is 0 Å². The smallest absolute Gasteiger partial charge is 0.297 e. The zero-order valence-electron chi connectivity index (χ0n) is 84.0. The van der Waals surface area contributed by atoms with Crippen LogP contribution in [0.2, 0.25) is 0 Å². The van der Waals surface area contributed by atoms with Crippen molar-refractivity contribution in [2.75, 3.05) is 362 Å². The highest BCUT2D eigenvalue weighted by Gasteiger charge is 2.36. The first-order valence-electron chi connectivity index (χ1n) is 50.8. The van der Waals surface area contributed by atoms with Gasteiger partial charge in [0.2, 0.25) is 29.5 Å². The molecule has 0 unspecified atom stereocenters. The Morgan fingerprint density at radius 3 is 1.15 bits per heavy atom. The van der Waals surface area contributed by atoms with Gasteiger partial charge in [-0.3, -0.25) is 63.0 Å². The number of carbonyl (C=O) groups is 2. The molecule has 1 aliphatic rings. The predicted octanol–water partition coefficient (Wildman–Crippen LogP) is -2.68. The summed E-state index contributed by atoms with van der Waals surface area (Å²) in [6, 6.07) is 28.8. The molecule has 804 valence electrons. The molecule has 1 aromatic heterocycles. The van der Waals surface area contributed by atoms with Gasteiger partial charge < -0.3 is 120 Å². The maximum atomic E-state index is 14.6. The molecule has 0 saturated carbocycles. The summed E-state index contributed by atoms with van der Waals surface area (Å²) in [5.74, 6) is -0.751. The zero-order valence-corrected chi connectivity index (χ0v) is 86.4. The maximum Gasteiger partial charge on any atom is 0.297 e. The van der Waals surface area contributed by atoms with E-state index >= 15 is 0 Å². The number of fused-ring (bicyclic) bond motifs is 2. The molecule has 0 radical (unpaired) electrons. The van der Waals surface area contributed by atoms with Crippen molar-refractivity contribution in [3.05, 3.63) is 131 Å². The highest BCUT2D eigenvalue weighted by molar-refractivity contribution is 7.91. The number of unbranched alkanes of at least 4 members (excludes halogenated alkanes) is 5. The fraction of sp³-hybridized carbons (Fsp3) is 0.621. The number of para-hydroxylation sites is 1. The molecule has 6 aromatic rings. The van der Waals surface area contributed by atoms with Gasteiger partial charge in [-0.25, -0.2) is 0 Å². The Hall–Kier alpha value is -8.15. The van der Waals surface area contributed by atoms with Gasteiger partial charge in [0.05, 0.1) is 23.4 Å². The Morgan fingerprint density at radius 1 is 0.329 bits per heavy atom. The molecule has 45 nitrogen and oxygen atoms in total. The molecular formula is C95H170N34O11S3. The second kappa shape index (κ2) is 73.0. The lowest BCUT2D eigenvalue weighted by Gasteiger charge is -2.31. The summed E-state index contributed by atoms with van der Waals surface area (Å²) in [4.78, 5) is 56.8. The van der Waals surface area contributed by atoms with E-state index in [-0.39, 0.29) is 51.3 Å². The molecular weight excluding hydrogens is 1890 g/mol. The number of nitrogens with one attached hydrogen (secondary N) is 16. The lowest BCUT2D eigenvalue weighted by atomic mass is 9.93. The first-order valence-corrected chi connectivity index (χ1v) is 55.2. The van der Waals surface area contributed by atoms with Gasteiger partial charge in [0.15, 0.2) is 5.71 Å². The summed E-state index contributed by atoms with van der Waals surface area (Å²) in [6.07, 6.45) is 7.19. The van der Waals surface area contributed by atoms with Gasteiger partial charge >= 0.3 is 0 Å². The Balaban J connectivity index is 0.886. The van der Waals surface area contributed by atoms with Crippen molar-refractivity contribution < 1.29 is 48.5 Å². The highest BCUT2D eigenvalue weighted by atomic mass is 32.2. The monoisotopic (exact) mass is 2060 g/mol. The molecule has 5 aromatic carbocycles. The van der Waals surface area contributed by atoms with Gasteiger partial charge in [0.25, 0.3) is 30.4 Å². The van der Waals surface area contributed by atoms with E-state index in [9.17, 15) is 48.5 Å². The molecule has 0 saturated heterocycles. The molecule has 0 fully saturated rings. The van der Waals surface area contributed by atoms with E-state index in [4.69, 9.17) is 40.1 Å². The number of Topliss-reactive ketones (excluding diaryl/α,β-unsaturated/α-hetero) is 1. The summed E-state index contributed by atoms with van der Waals surface area (Å²) in [7, 11) is -15.3. The summed E-state index contributed by atoms with van der Waals surface area (Å²) >= 11 is 0. The van der Waals surface area contributed by atoms with Crippen molar-refractivity contribution in [2.45, 2.75) is 54.7 Å². The summed E-state index contributed by atoms with van der Waals surface area (Å²) in [5, 5.41) is 55.6. The van der Waals surface area contributed by atoms with Gasteiger partial charge in [-0.1, -0.05) is 105 Å². The van der Waals surface area contributed by atoms with Crippen LogP contribution in [0.15, 0.2) is 129 Å². The van der Waals surface area contributed by atoms with Crippen molar-refractivity contribution >= 4 is 99.5 Å². The number of aromatic nitrogens is 3. The average molecular weight is 2060 g/mol. The van der Waals surface area contributed by atoms with Crippen LogP contribution in [-0.4, -0.2) is 446 Å². The second-order valence-electron chi connectivity index (χ2n) is 35.0. The van der Waals surface area contributed by atoms with Crippen LogP contribution in [-0.2, 0) is 41.6 Å². The standard InChI is InChI=1S/C95H170N34O11S3/c96-25-34-104-39-41-108-42-45-111-49-61-126(65-52-112-51-59-124(58-31-102)70-75-129(67-47-107-37-28-99)76-74-127(62-48-110-44-40-105-35-26-97)66-54-113-53-64-125(60-46-106-36-27-98)71-69-123(56-29-100)57-30-101)72-73-128(68-55-114-88(130)77-79-15-7-5-8-16-79)63-50-109-43-38-103-32-11-3-1-2-4-12-33-115-93-118-94(116-81-18-9-6-10-19-81)120-95(119-93)117-84-21-13-17-80-78-87(142(135,136)137)90(91(131)89(80)84)122-121-85-24-23-82-83(92(85)143(138,139)140)20-14-22-86(82)141(132,133)134/h5-10,13-24,78,103-113,121H,1-4,11-12,25-77,96-102H2,(H,114,130)(H,132,133,134)(H,135,136,137)(H,138,139,140)(H3,115,116,117,118,119,120)/b122-90-. The molecule has 48 heteroatoms. The lowest BCUT2D eigenvalue weighted by molar-refractivity contribution is -0.120. The topological polar surface area (TPSA) is 646 Å². The van der Waals surface area contributed by atoms with Crippen LogP contribution >= 0.6 is 0 Å². The zero-order chi connectivity index (χ0) is 103. The second-order valence-corrected chi connectivity index (χ2v) is 39.2. The fourth-order valence-electron chi connectivity index (χ4n) is 16.3. The lowest BCUT2D eigenvalue weighted by Crippen LogP contribution is -2.47. The molecule has 1 aliphatic carbocycles. The van der Waals surface area contributed by atoms with Crippen molar-refractivity contribution in [3.63, 3.8) is 0 Å². The van der Waals surface area contributed by atoms with Crippen molar-refractivity contribution in [1.82, 2.24) is 113 Å². The van der Waals surface area contributed by atoms with Crippen LogP contribution in [0.1, 0.15) is 60.0 Å². The Labute approximate surface area is 848 Å². The van der Waals surface area contributed by atoms with Gasteiger partial charge in [-0.05, 0) is 66.9 Å². The number of carbonyl (C=O) groups excluding carboxylic acids is 2. The normalized spacial score (nSPS) is 13.0. The molecule has 7 rings (SSSR count). The first kappa shape index (κ1) is 122. The Morgan fingerprint density at radius 2 is 0.706 bits per heavy atom. The number of benzene rings is 5. The van der Waals surface area contributed by atoms with Crippen molar-refractivity contribution in [2.24, 2.45) is 45.2 Å². The number of amides is 1. The van der Waals surface area contributed by atoms with Gasteiger partial charge in [-0.2, -0.15) is 45.3 Å². The quantitative estimate of drug-likeness (QED) is 0.0105. The number of hydrogen-bond acceptors (Lipinski definition) is 41. The summed E-state index contributed by atoms with van der Waals surface area (Å²) in [5.41, 5.74) is 44.0. The van der Waals surface area contributed by atoms with Crippen LogP contribution in [0.5, 0.6) is 0 Å². The third-order valence-corrected chi connectivity index (χ3v) is 26.7. The van der Waals surface area contributed by atoms with E-state index in [2.05, 4.69) is 140 Å². The molecule has 0 bridgehead atoms. The molecule has 0 atom stereocenters. The minimum absolute atomic E-state index is 0.00380. The molecule has 0 aliphatic heterocycles. The molecule has 33 N–H and O–H groups in total. The maximum absolute atomic E-state index is 14.6. The van der Waals surface area contributed by atoms with E-state index in [1.165, 1.54) is 18.2 Å². The van der Waals surface area contributed by atoms with Crippen LogP contribution in [0, 0.1) is 0 Å². The highest BCUT2D eigenvalue weighted by Crippen LogP contribution is 2.36. The van der Waals surface area contributed by atoms with E-state index in [1.54, 1.807) is 0 Å². The van der Waals surface area contributed by atoms with E-state index in [1.807, 2.05) is 60.7 Å². The number of rotatable bonds is 89. The Kier molecular flexibility index (Phi) is 62.2. The molecule has 143 heavy (non-hydrogen) atoms. The predicted molar refractivity (Wildman–Crippen MR) is 577 cm³/mol. The molecule has 0 spiro atoms. The number of hydrogen-bond donors (Lipinski definition) is 26. The van der Waals surface area contributed by atoms with E-state index in [0.29, 0.717) is 77.6 Å². The van der Waals surface area contributed by atoms with Gasteiger partial charge in [0.1, 0.15) is 14.7 Å². The van der Waals surface area contributed by atoms with Crippen LogP contribution < -0.4 is 125 Å². The fourth-order valence-corrected chi connectivity index (χ4v) is 18.5. The minimum Gasteiger partial charge on any atom is -0.355 e. The minimum atomic E-state index is -5.23. The van der Waals surface area contributed by atoms with E-state index in [0.717, 1.165) is 355 Å². The number of hydrazone groups is 1. The average Bonchev–Trinajstić information content (AvgIpc) is 0.752. The van der Waals surface area contributed by atoms with E-state index < -0.39 is 62.2 Å². The van der Waals surface area contributed by atoms with Crippen LogP contribution in [0.4, 0.5) is 34.9 Å². The number of nitrogens with two attached hydrogens (primary N) is 7. The number of ketones is 1. The summed E-state index contributed by atoms with van der Waals surface area (Å²) < 4.78 is 107. The van der Waals surface area contributed by atoms with Crippen LogP contribution in [0.25, 0.3) is 16.8 Å². The number of nitrogens with zero attached hydrogens (tertiary/aromatic N) is 11. The van der Waals surface area contributed by atoms with Gasteiger partial charge in [0, 0.05) is 350 Å². The number of allylic oxidation sites excluding steroid dienone is 1.